The number of carbonyl (C=O) groups is 1. The van der Waals surface area contributed by atoms with E-state index in [0.717, 1.165) is 6.08 Å². The van der Waals surface area contributed by atoms with Gasteiger partial charge in [-0.3, -0.25) is 0 Å². The van der Waals surface area contributed by atoms with Crippen LogP contribution in [0.25, 0.3) is 6.08 Å². The Morgan fingerprint density at radius 3 is 2.31 bits per heavy atom. The first-order chi connectivity index (χ1) is 23.5. The summed E-state index contributed by atoms with van der Waals surface area (Å²) < 4.78 is 51.0. The molecule has 0 amide bonds. The standard InChI is InChI=1S/C32H42O17/c1-13-21(36)27(46-19(35)7-5-14-4-6-16(41-2)17(10-14)42-3)25(40)31(44-13)47-26-15-8-9-43-29(20(15)32(12-34)28(26)49-32)48-30-24(39)23(38)22(37)18(11-33)45-30/h4-10,13,15,18,20-31,33-34,36-40H,11-12H2,1-3H3/t13-,15+,18+,20+,21-,22+,23-,24+,25+,26-,27+,28-,29-,30-,31-,32+/m0/s1. The molecule has 0 bridgehead atoms. The maximum Gasteiger partial charge on any atom is 0.331 e. The summed E-state index contributed by atoms with van der Waals surface area (Å²) in [5.41, 5.74) is -0.632. The molecule has 0 radical (unpaired) electrons. The molecule has 16 atom stereocenters. The number of methoxy groups -OCH3 is 2. The molecule has 272 valence electrons. The quantitative estimate of drug-likeness (QED) is 0.0720. The van der Waals surface area contributed by atoms with Crippen molar-refractivity contribution in [3.05, 3.63) is 42.2 Å². The van der Waals surface area contributed by atoms with Crippen molar-refractivity contribution in [2.24, 2.45) is 11.8 Å². The number of epoxide rings is 1. The molecule has 1 aromatic carbocycles. The summed E-state index contributed by atoms with van der Waals surface area (Å²) in [4.78, 5) is 12.8. The molecule has 4 fully saturated rings. The number of hydrogen-bond donors (Lipinski definition) is 7. The first-order valence-electron chi connectivity index (χ1n) is 15.8. The monoisotopic (exact) mass is 698 g/mol. The third kappa shape index (κ3) is 6.55. The lowest BCUT2D eigenvalue weighted by atomic mass is 9.85. The maximum absolute atomic E-state index is 12.8. The second-order valence-corrected chi connectivity index (χ2v) is 12.6. The summed E-state index contributed by atoms with van der Waals surface area (Å²) in [6.45, 7) is 0.376. The van der Waals surface area contributed by atoms with Crippen LogP contribution in [0.5, 0.6) is 11.5 Å². The SMILES string of the molecule is COc1ccc(C=CC(=O)O[C@@H]2[C@@H](O)[C@H](C)O[C@@H](O[C@H]3[C@@H]4C=CO[C@@H](O[C@@H]5O[C@H](CO)[C@@H](O)[C@H](O)[C@H]5O)[C@@H]4[C@@]4(CO)O[C@@H]34)[C@@H]2O)cc1OC. The van der Waals surface area contributed by atoms with E-state index >= 15 is 0 Å². The highest BCUT2D eigenvalue weighted by molar-refractivity contribution is 5.87. The van der Waals surface area contributed by atoms with Crippen LogP contribution in [0.15, 0.2) is 36.6 Å². The second-order valence-electron chi connectivity index (χ2n) is 12.6. The van der Waals surface area contributed by atoms with Crippen molar-refractivity contribution in [1.82, 2.24) is 0 Å². The fourth-order valence-corrected chi connectivity index (χ4v) is 7.01. The molecule has 0 unspecified atom stereocenters. The van der Waals surface area contributed by atoms with Crippen molar-refractivity contribution in [2.45, 2.75) is 92.4 Å². The summed E-state index contributed by atoms with van der Waals surface area (Å²) in [6.07, 6.45) is -11.8. The van der Waals surface area contributed by atoms with Crippen LogP contribution in [-0.4, -0.2) is 155 Å². The second kappa shape index (κ2) is 14.4. The van der Waals surface area contributed by atoms with Gasteiger partial charge in [-0.2, -0.15) is 0 Å². The van der Waals surface area contributed by atoms with E-state index in [9.17, 15) is 40.5 Å². The van der Waals surface area contributed by atoms with Crippen LogP contribution >= 0.6 is 0 Å². The first-order valence-corrected chi connectivity index (χ1v) is 15.8. The molecular formula is C32H42O17. The van der Waals surface area contributed by atoms with E-state index in [2.05, 4.69) is 0 Å². The van der Waals surface area contributed by atoms with Gasteiger partial charge < -0.3 is 78.4 Å². The molecule has 5 aliphatic rings. The number of hydrogen-bond acceptors (Lipinski definition) is 17. The largest absolute Gasteiger partial charge is 0.493 e. The molecule has 17 nitrogen and oxygen atoms in total. The summed E-state index contributed by atoms with van der Waals surface area (Å²) in [6, 6.07) is 5.01. The molecule has 3 saturated heterocycles. The number of esters is 1. The van der Waals surface area contributed by atoms with Crippen LogP contribution in [-0.2, 0) is 38.0 Å². The highest BCUT2D eigenvalue weighted by atomic mass is 16.8. The minimum atomic E-state index is -1.70. The van der Waals surface area contributed by atoms with Gasteiger partial charge in [0, 0.05) is 12.0 Å². The lowest BCUT2D eigenvalue weighted by Crippen LogP contribution is -2.60. The molecule has 17 heteroatoms. The molecule has 7 N–H and O–H groups in total. The topological polar surface area (TPSA) is 245 Å². The normalized spacial score (nSPS) is 44.2. The van der Waals surface area contributed by atoms with E-state index in [1.165, 1.54) is 33.5 Å². The van der Waals surface area contributed by atoms with Gasteiger partial charge in [0.05, 0.1) is 51.8 Å². The Morgan fingerprint density at radius 2 is 1.61 bits per heavy atom. The molecule has 1 aliphatic carbocycles. The van der Waals surface area contributed by atoms with Crippen LogP contribution in [0.4, 0.5) is 0 Å². The maximum atomic E-state index is 12.8. The molecule has 0 aromatic heterocycles. The van der Waals surface area contributed by atoms with Gasteiger partial charge in [-0.05, 0) is 36.8 Å². The average Bonchev–Trinajstić information content (AvgIpc) is 3.78. The van der Waals surface area contributed by atoms with Crippen molar-refractivity contribution >= 4 is 12.0 Å². The average molecular weight is 699 g/mol. The minimum absolute atomic E-state index is 0.451. The minimum Gasteiger partial charge on any atom is -0.493 e. The highest BCUT2D eigenvalue weighted by Crippen LogP contribution is 2.61. The van der Waals surface area contributed by atoms with Crippen LogP contribution in [0.1, 0.15) is 12.5 Å². The van der Waals surface area contributed by atoms with Gasteiger partial charge in [0.25, 0.3) is 0 Å². The van der Waals surface area contributed by atoms with Gasteiger partial charge in [0.1, 0.15) is 48.3 Å². The number of aliphatic hydroxyl groups is 7. The van der Waals surface area contributed by atoms with Gasteiger partial charge in [-0.1, -0.05) is 6.07 Å². The predicted octanol–water partition coefficient (Wildman–Crippen LogP) is -2.46. The van der Waals surface area contributed by atoms with Crippen LogP contribution < -0.4 is 9.47 Å². The molecule has 4 heterocycles. The van der Waals surface area contributed by atoms with Crippen LogP contribution in [0.2, 0.25) is 0 Å². The van der Waals surface area contributed by atoms with Gasteiger partial charge in [0.2, 0.25) is 6.29 Å². The van der Waals surface area contributed by atoms with E-state index in [0.29, 0.717) is 17.1 Å². The van der Waals surface area contributed by atoms with Gasteiger partial charge in [-0.15, -0.1) is 0 Å². The zero-order valence-corrected chi connectivity index (χ0v) is 26.8. The van der Waals surface area contributed by atoms with Crippen molar-refractivity contribution < 1.29 is 83.2 Å². The third-order valence-corrected chi connectivity index (χ3v) is 9.74. The third-order valence-electron chi connectivity index (χ3n) is 9.74. The fourth-order valence-electron chi connectivity index (χ4n) is 7.01. The number of carbonyl (C=O) groups excluding carboxylic acids is 1. The van der Waals surface area contributed by atoms with Gasteiger partial charge in [-0.25, -0.2) is 4.79 Å². The lowest BCUT2D eigenvalue weighted by molar-refractivity contribution is -0.347. The molecular weight excluding hydrogens is 656 g/mol. The van der Waals surface area contributed by atoms with E-state index in [1.54, 1.807) is 24.3 Å². The van der Waals surface area contributed by atoms with Crippen molar-refractivity contribution in [3.8, 4) is 11.5 Å². The van der Waals surface area contributed by atoms with Gasteiger partial charge in [0.15, 0.2) is 30.2 Å². The van der Waals surface area contributed by atoms with E-state index < -0.39 is 117 Å². The number of rotatable bonds is 11. The molecule has 49 heavy (non-hydrogen) atoms. The Labute approximate surface area is 280 Å². The molecule has 4 aliphatic heterocycles. The zero-order chi connectivity index (χ0) is 35.2. The Hall–Kier alpha value is -2.91. The van der Waals surface area contributed by atoms with E-state index in [-0.39, 0.29) is 0 Å². The number of aliphatic hydroxyl groups excluding tert-OH is 7. The number of fused-ring (bicyclic) bond motifs is 3. The fraction of sp³-hybridized carbons (Fsp3) is 0.656. The van der Waals surface area contributed by atoms with Crippen LogP contribution in [0.3, 0.4) is 0 Å². The summed E-state index contributed by atoms with van der Waals surface area (Å²) in [5, 5.41) is 72.9. The number of ether oxygens (including phenoxy) is 9. The predicted molar refractivity (Wildman–Crippen MR) is 160 cm³/mol. The summed E-state index contributed by atoms with van der Waals surface area (Å²) in [5.74, 6) is -1.23. The highest BCUT2D eigenvalue weighted by Gasteiger charge is 2.77. The number of benzene rings is 1. The van der Waals surface area contributed by atoms with Crippen molar-refractivity contribution in [3.63, 3.8) is 0 Å². The lowest BCUT2D eigenvalue weighted by Gasteiger charge is -2.44. The summed E-state index contributed by atoms with van der Waals surface area (Å²) >= 11 is 0. The Kier molecular flexibility index (Phi) is 10.5. The Morgan fingerprint density at radius 1 is 0.878 bits per heavy atom. The smallest absolute Gasteiger partial charge is 0.331 e. The van der Waals surface area contributed by atoms with Crippen molar-refractivity contribution in [2.75, 3.05) is 27.4 Å². The summed E-state index contributed by atoms with van der Waals surface area (Å²) in [7, 11) is 2.98. The molecule has 1 aromatic rings. The molecule has 6 rings (SSSR count). The Balaban J connectivity index is 1.14. The molecule has 0 spiro atoms. The Bertz CT molecular complexity index is 1390. The zero-order valence-electron chi connectivity index (χ0n) is 26.8. The molecule has 1 saturated carbocycles. The van der Waals surface area contributed by atoms with Crippen molar-refractivity contribution in [1.29, 1.82) is 0 Å². The van der Waals surface area contributed by atoms with Crippen LogP contribution in [0, 0.1) is 11.8 Å². The van der Waals surface area contributed by atoms with E-state index in [4.69, 9.17) is 42.6 Å². The first kappa shape index (κ1) is 35.9. The van der Waals surface area contributed by atoms with Gasteiger partial charge >= 0.3 is 5.97 Å². The van der Waals surface area contributed by atoms with E-state index in [1.807, 2.05) is 0 Å².